The molecular weight excluding hydrogens is 263 g/mol. The first-order valence-electron chi connectivity index (χ1n) is 6.76. The fraction of sp³-hybridized carbons (Fsp3) is 0.467. The summed E-state index contributed by atoms with van der Waals surface area (Å²) in [5.74, 6) is -0.204. The molecule has 0 saturated carbocycles. The highest BCUT2D eigenvalue weighted by Gasteiger charge is 2.21. The Kier molecular flexibility index (Phi) is 5.23. The van der Waals surface area contributed by atoms with Gasteiger partial charge in [0, 0.05) is 18.8 Å². The third-order valence-electron chi connectivity index (χ3n) is 3.61. The molecule has 1 fully saturated rings. The van der Waals surface area contributed by atoms with Gasteiger partial charge >= 0.3 is 0 Å². The second-order valence-electron chi connectivity index (χ2n) is 4.90. The average molecular weight is 283 g/mol. The van der Waals surface area contributed by atoms with Crippen molar-refractivity contribution in [3.05, 3.63) is 47.4 Å². The van der Waals surface area contributed by atoms with Gasteiger partial charge < -0.3 is 4.90 Å². The van der Waals surface area contributed by atoms with E-state index >= 15 is 0 Å². The van der Waals surface area contributed by atoms with Gasteiger partial charge in [0.25, 0.3) is 0 Å². The zero-order valence-corrected chi connectivity index (χ0v) is 12.0. The number of rotatable bonds is 5. The summed E-state index contributed by atoms with van der Waals surface area (Å²) in [6.45, 7) is 4.23. The van der Waals surface area contributed by atoms with Crippen molar-refractivity contribution in [2.75, 3.05) is 13.1 Å². The van der Waals surface area contributed by atoms with Crippen LogP contribution < -0.4 is 4.84 Å². The van der Waals surface area contributed by atoms with Gasteiger partial charge in [0.2, 0.25) is 0 Å². The number of benzene rings is 1. The van der Waals surface area contributed by atoms with Crippen molar-refractivity contribution >= 4 is 11.8 Å². The summed E-state index contributed by atoms with van der Waals surface area (Å²) in [5, 5.41) is 0. The maximum absolute atomic E-state index is 12.9. The first-order chi connectivity index (χ1) is 9.24. The van der Waals surface area contributed by atoms with E-state index in [1.807, 2.05) is 19.1 Å². The molecule has 1 heterocycles. The highest BCUT2D eigenvalue weighted by Crippen LogP contribution is 2.20. The van der Waals surface area contributed by atoms with Crippen molar-refractivity contribution in [3.8, 4) is 0 Å². The Morgan fingerprint density at radius 1 is 1.37 bits per heavy atom. The van der Waals surface area contributed by atoms with E-state index in [0.717, 1.165) is 25.1 Å². The van der Waals surface area contributed by atoms with Crippen LogP contribution in [-0.2, 0) is 6.42 Å². The number of hydrogen-bond acceptors (Lipinski definition) is 2. The summed E-state index contributed by atoms with van der Waals surface area (Å²) in [6, 6.07) is 6.68. The molecule has 104 valence electrons. The van der Waals surface area contributed by atoms with Gasteiger partial charge in [-0.3, -0.25) is 0 Å². The molecule has 2 rings (SSSR count). The van der Waals surface area contributed by atoms with Crippen molar-refractivity contribution in [1.82, 2.24) is 9.74 Å². The van der Waals surface area contributed by atoms with Crippen molar-refractivity contribution < 1.29 is 4.39 Å². The summed E-state index contributed by atoms with van der Waals surface area (Å²) in [4.78, 5) is 5.24. The highest BCUT2D eigenvalue weighted by atomic mass is 35.5. The van der Waals surface area contributed by atoms with Crippen molar-refractivity contribution in [2.24, 2.45) is 0 Å². The van der Waals surface area contributed by atoms with Gasteiger partial charge in [0.05, 0.1) is 6.04 Å². The van der Waals surface area contributed by atoms with Crippen LogP contribution in [0.2, 0.25) is 0 Å². The lowest BCUT2D eigenvalue weighted by Gasteiger charge is -2.28. The van der Waals surface area contributed by atoms with Crippen LogP contribution in [0, 0.1) is 5.82 Å². The molecule has 0 bridgehead atoms. The second-order valence-corrected chi connectivity index (χ2v) is 5.12. The van der Waals surface area contributed by atoms with Crippen LogP contribution in [-0.4, -0.2) is 24.0 Å². The molecule has 1 N–H and O–H groups in total. The van der Waals surface area contributed by atoms with Gasteiger partial charge in [0.15, 0.2) is 0 Å². The number of hydrogen-bond donors (Lipinski definition) is 1. The maximum Gasteiger partial charge on any atom is 0.123 e. The molecule has 1 aromatic carbocycles. The predicted octanol–water partition coefficient (Wildman–Crippen LogP) is 3.48. The molecule has 1 aromatic rings. The number of allylic oxidation sites excluding steroid dienone is 1. The molecule has 0 aromatic heterocycles. The molecule has 2 nitrogen and oxygen atoms in total. The fourth-order valence-electron chi connectivity index (χ4n) is 2.63. The summed E-state index contributed by atoms with van der Waals surface area (Å²) in [7, 11) is 0. The van der Waals surface area contributed by atoms with Gasteiger partial charge in [-0.2, -0.15) is 0 Å². The standard InChI is InChI=1S/C15H20ClFN2/c1-2-15(19-9-3-4-10-19)14(18-16)11-12-5-7-13(17)8-6-12/h2,5-8,14,18H,3-4,9-11H2,1H3/b15-2-/t14-/m1/s1. The number of halogens is 2. The van der Waals surface area contributed by atoms with E-state index in [2.05, 4.69) is 15.8 Å². The van der Waals surface area contributed by atoms with E-state index in [1.165, 1.54) is 30.7 Å². The topological polar surface area (TPSA) is 15.3 Å². The summed E-state index contributed by atoms with van der Waals surface area (Å²) < 4.78 is 12.9. The summed E-state index contributed by atoms with van der Waals surface area (Å²) >= 11 is 5.91. The minimum absolute atomic E-state index is 0.0650. The van der Waals surface area contributed by atoms with Gasteiger partial charge in [-0.25, -0.2) is 9.23 Å². The van der Waals surface area contributed by atoms with E-state index < -0.39 is 0 Å². The third-order valence-corrected chi connectivity index (χ3v) is 3.87. The summed E-state index contributed by atoms with van der Waals surface area (Å²) in [6.07, 6.45) is 5.36. The minimum Gasteiger partial charge on any atom is -0.374 e. The SMILES string of the molecule is C/C=C(/[C@@H](Cc1ccc(F)cc1)NCl)N1CCCC1. The Morgan fingerprint density at radius 2 is 2.00 bits per heavy atom. The molecular formula is C15H20ClFN2. The van der Waals surface area contributed by atoms with Crippen LogP contribution in [0.4, 0.5) is 4.39 Å². The molecule has 1 aliphatic heterocycles. The Bertz CT molecular complexity index is 424. The van der Waals surface area contributed by atoms with Crippen LogP contribution in [0.25, 0.3) is 0 Å². The van der Waals surface area contributed by atoms with Crippen LogP contribution in [0.15, 0.2) is 36.0 Å². The number of nitrogens with one attached hydrogen (secondary N) is 1. The van der Waals surface area contributed by atoms with Crippen LogP contribution >= 0.6 is 11.8 Å². The zero-order chi connectivity index (χ0) is 13.7. The molecule has 0 unspecified atom stereocenters. The van der Waals surface area contributed by atoms with Gasteiger partial charge in [0.1, 0.15) is 5.82 Å². The molecule has 4 heteroatoms. The molecule has 0 spiro atoms. The number of likely N-dealkylation sites (tertiary alicyclic amines) is 1. The second kappa shape index (κ2) is 6.92. The van der Waals surface area contributed by atoms with E-state index in [0.29, 0.717) is 0 Å². The highest BCUT2D eigenvalue weighted by molar-refractivity contribution is 6.13. The molecule has 1 aliphatic rings. The predicted molar refractivity (Wildman–Crippen MR) is 77.4 cm³/mol. The molecule has 1 atom stereocenters. The van der Waals surface area contributed by atoms with Crippen LogP contribution in [0.1, 0.15) is 25.3 Å². The lowest BCUT2D eigenvalue weighted by molar-refractivity contribution is 0.383. The van der Waals surface area contributed by atoms with Gasteiger partial charge in [-0.05, 0) is 55.7 Å². The van der Waals surface area contributed by atoms with Gasteiger partial charge in [-0.15, -0.1) is 0 Å². The average Bonchev–Trinajstić information content (AvgIpc) is 2.94. The van der Waals surface area contributed by atoms with E-state index in [-0.39, 0.29) is 11.9 Å². The molecule has 0 aliphatic carbocycles. The fourth-order valence-corrected chi connectivity index (χ4v) is 2.82. The quantitative estimate of drug-likeness (QED) is 0.832. The van der Waals surface area contributed by atoms with Gasteiger partial charge in [-0.1, -0.05) is 18.2 Å². The molecule has 0 amide bonds. The largest absolute Gasteiger partial charge is 0.374 e. The lowest BCUT2D eigenvalue weighted by atomic mass is 10.0. The minimum atomic E-state index is -0.204. The Labute approximate surface area is 119 Å². The lowest BCUT2D eigenvalue weighted by Crippen LogP contribution is -2.35. The Morgan fingerprint density at radius 3 is 2.53 bits per heavy atom. The summed E-state index contributed by atoms with van der Waals surface area (Å²) in [5.41, 5.74) is 2.31. The Balaban J connectivity index is 2.07. The number of nitrogens with zero attached hydrogens (tertiary/aromatic N) is 1. The normalized spacial score (nSPS) is 17.8. The monoisotopic (exact) mass is 282 g/mol. The van der Waals surface area contributed by atoms with Crippen molar-refractivity contribution in [3.63, 3.8) is 0 Å². The molecule has 1 saturated heterocycles. The van der Waals surface area contributed by atoms with E-state index in [1.54, 1.807) is 0 Å². The van der Waals surface area contributed by atoms with E-state index in [9.17, 15) is 4.39 Å². The van der Waals surface area contributed by atoms with Crippen molar-refractivity contribution in [2.45, 2.75) is 32.2 Å². The maximum atomic E-state index is 12.9. The molecule has 0 radical (unpaired) electrons. The molecule has 19 heavy (non-hydrogen) atoms. The smallest absolute Gasteiger partial charge is 0.123 e. The first kappa shape index (κ1) is 14.4. The van der Waals surface area contributed by atoms with Crippen LogP contribution in [0.3, 0.4) is 0 Å². The van der Waals surface area contributed by atoms with Crippen molar-refractivity contribution in [1.29, 1.82) is 0 Å². The Hall–Kier alpha value is -1.06. The van der Waals surface area contributed by atoms with E-state index in [4.69, 9.17) is 11.8 Å². The zero-order valence-electron chi connectivity index (χ0n) is 11.2. The first-order valence-corrected chi connectivity index (χ1v) is 7.14. The van der Waals surface area contributed by atoms with Crippen LogP contribution in [0.5, 0.6) is 0 Å². The third kappa shape index (κ3) is 3.71.